The van der Waals surface area contributed by atoms with Crippen molar-refractivity contribution in [2.75, 3.05) is 13.2 Å². The van der Waals surface area contributed by atoms with Crippen LogP contribution < -0.4 is 0 Å². The maximum Gasteiger partial charge on any atom is 0.410 e. The molecule has 0 spiro atoms. The molecule has 1 amide bonds. The lowest BCUT2D eigenvalue weighted by Crippen LogP contribution is -2.55. The summed E-state index contributed by atoms with van der Waals surface area (Å²) in [5.41, 5.74) is -0.736. The van der Waals surface area contributed by atoms with Gasteiger partial charge >= 0.3 is 12.3 Å². The van der Waals surface area contributed by atoms with Gasteiger partial charge in [0.25, 0.3) is 0 Å². The van der Waals surface area contributed by atoms with Crippen molar-refractivity contribution in [3.8, 4) is 0 Å². The van der Waals surface area contributed by atoms with Crippen molar-refractivity contribution in [1.82, 2.24) is 4.90 Å². The van der Waals surface area contributed by atoms with Gasteiger partial charge < -0.3 is 14.6 Å². The van der Waals surface area contributed by atoms with Crippen molar-refractivity contribution >= 4 is 6.09 Å². The molecule has 2 fully saturated rings. The number of aliphatic hydroxyl groups is 1. The summed E-state index contributed by atoms with van der Waals surface area (Å²) in [7, 11) is 0. The van der Waals surface area contributed by atoms with Gasteiger partial charge in [0, 0.05) is 0 Å². The molecule has 0 saturated carbocycles. The summed E-state index contributed by atoms with van der Waals surface area (Å²) in [6.45, 7) is 5.22. The van der Waals surface area contributed by atoms with Gasteiger partial charge in [-0.3, -0.25) is 4.90 Å². The van der Waals surface area contributed by atoms with E-state index in [-0.39, 0.29) is 26.1 Å². The van der Waals surface area contributed by atoms with Gasteiger partial charge in [-0.2, -0.15) is 13.2 Å². The van der Waals surface area contributed by atoms with Crippen molar-refractivity contribution in [1.29, 1.82) is 0 Å². The van der Waals surface area contributed by atoms with Crippen LogP contribution in [0.15, 0.2) is 0 Å². The minimum atomic E-state index is -4.50. The molecule has 2 saturated heterocycles. The molecule has 22 heavy (non-hydrogen) atoms. The van der Waals surface area contributed by atoms with Crippen LogP contribution in [0, 0.1) is 5.92 Å². The number of hydrogen-bond donors (Lipinski definition) is 1. The molecule has 1 N–H and O–H groups in total. The molecule has 5 nitrogen and oxygen atoms in total. The summed E-state index contributed by atoms with van der Waals surface area (Å²) in [6.07, 6.45) is -7.24. The van der Waals surface area contributed by atoms with E-state index in [2.05, 4.69) is 0 Å². The van der Waals surface area contributed by atoms with E-state index in [1.54, 1.807) is 20.8 Å². The fourth-order valence-electron chi connectivity index (χ4n) is 3.02. The SMILES string of the molecule is CC(C)(C)OC(=O)N1C2COCC1CC(C(F)(F)F)C(O)C2. The molecule has 2 bridgehead atoms. The van der Waals surface area contributed by atoms with E-state index in [0.29, 0.717) is 0 Å². The topological polar surface area (TPSA) is 59.0 Å². The quantitative estimate of drug-likeness (QED) is 0.742. The highest BCUT2D eigenvalue weighted by molar-refractivity contribution is 5.69. The first-order valence-electron chi connectivity index (χ1n) is 7.33. The lowest BCUT2D eigenvalue weighted by atomic mass is 9.93. The van der Waals surface area contributed by atoms with Gasteiger partial charge in [0.05, 0.1) is 37.3 Å². The first kappa shape index (κ1) is 17.3. The van der Waals surface area contributed by atoms with E-state index in [4.69, 9.17) is 9.47 Å². The highest BCUT2D eigenvalue weighted by Crippen LogP contribution is 2.39. The van der Waals surface area contributed by atoms with Gasteiger partial charge in [-0.1, -0.05) is 0 Å². The Balaban J connectivity index is 2.23. The average molecular weight is 325 g/mol. The van der Waals surface area contributed by atoms with E-state index in [0.717, 1.165) is 0 Å². The summed E-state index contributed by atoms with van der Waals surface area (Å²) in [5.74, 6) is -1.85. The standard InChI is InChI=1S/C14H22F3NO4/c1-13(2,3)22-12(20)18-8-4-10(14(15,16)17)11(19)5-9(18)7-21-6-8/h8-11,19H,4-7H2,1-3H3. The number of carbonyl (C=O) groups is 1. The third kappa shape index (κ3) is 3.84. The summed E-state index contributed by atoms with van der Waals surface area (Å²) < 4.78 is 49.9. The summed E-state index contributed by atoms with van der Waals surface area (Å²) >= 11 is 0. The van der Waals surface area contributed by atoms with Gasteiger partial charge in [-0.15, -0.1) is 0 Å². The number of fused-ring (bicyclic) bond motifs is 2. The highest BCUT2D eigenvalue weighted by Gasteiger charge is 2.52. The fourth-order valence-corrected chi connectivity index (χ4v) is 3.02. The number of rotatable bonds is 0. The van der Waals surface area contributed by atoms with Crippen molar-refractivity contribution in [2.45, 2.75) is 63.6 Å². The minimum absolute atomic E-state index is 0.0229. The second-order valence-corrected chi connectivity index (χ2v) is 6.92. The highest BCUT2D eigenvalue weighted by atomic mass is 19.4. The zero-order valence-corrected chi connectivity index (χ0v) is 12.9. The number of nitrogens with zero attached hydrogens (tertiary/aromatic N) is 1. The zero-order valence-electron chi connectivity index (χ0n) is 12.9. The largest absolute Gasteiger partial charge is 0.444 e. The van der Waals surface area contributed by atoms with E-state index in [1.807, 2.05) is 0 Å². The Morgan fingerprint density at radius 3 is 2.23 bits per heavy atom. The maximum atomic E-state index is 13.1. The fraction of sp³-hybridized carbons (Fsp3) is 0.929. The number of morpholine rings is 1. The first-order chi connectivity index (χ1) is 9.99. The third-order valence-corrected chi connectivity index (χ3v) is 3.94. The van der Waals surface area contributed by atoms with Crippen LogP contribution in [0.5, 0.6) is 0 Å². The third-order valence-electron chi connectivity index (χ3n) is 3.94. The van der Waals surface area contributed by atoms with Crippen molar-refractivity contribution < 1.29 is 32.5 Å². The van der Waals surface area contributed by atoms with Crippen LogP contribution in [0.4, 0.5) is 18.0 Å². The Labute approximate surface area is 127 Å². The van der Waals surface area contributed by atoms with Crippen LogP contribution in [0.2, 0.25) is 0 Å². The maximum absolute atomic E-state index is 13.1. The number of amides is 1. The van der Waals surface area contributed by atoms with Gasteiger partial charge in [0.1, 0.15) is 5.60 Å². The number of ether oxygens (including phenoxy) is 2. The summed E-state index contributed by atoms with van der Waals surface area (Å²) in [5, 5.41) is 9.91. The lowest BCUT2D eigenvalue weighted by molar-refractivity contribution is -0.202. The van der Waals surface area contributed by atoms with Crippen LogP contribution in [-0.4, -0.2) is 59.3 Å². The predicted octanol–water partition coefficient (Wildman–Crippen LogP) is 2.32. The Hall–Kier alpha value is -1.02. The molecular weight excluding hydrogens is 303 g/mol. The lowest BCUT2D eigenvalue weighted by Gasteiger charge is -2.41. The number of aliphatic hydroxyl groups excluding tert-OH is 1. The Morgan fingerprint density at radius 2 is 1.73 bits per heavy atom. The van der Waals surface area contributed by atoms with E-state index >= 15 is 0 Å². The molecule has 4 atom stereocenters. The normalized spacial score (nSPS) is 33.3. The molecule has 4 unspecified atom stereocenters. The van der Waals surface area contributed by atoms with Gasteiger partial charge in [-0.25, -0.2) is 4.79 Å². The minimum Gasteiger partial charge on any atom is -0.444 e. The second-order valence-electron chi connectivity index (χ2n) is 6.92. The van der Waals surface area contributed by atoms with Crippen LogP contribution in [0.25, 0.3) is 0 Å². The van der Waals surface area contributed by atoms with E-state index in [1.165, 1.54) is 4.90 Å². The Bertz CT molecular complexity index is 421. The Morgan fingerprint density at radius 1 is 1.18 bits per heavy atom. The van der Waals surface area contributed by atoms with Crippen molar-refractivity contribution in [3.63, 3.8) is 0 Å². The smallest absolute Gasteiger partial charge is 0.410 e. The molecule has 0 aromatic carbocycles. The number of halogens is 3. The predicted molar refractivity (Wildman–Crippen MR) is 71.3 cm³/mol. The van der Waals surface area contributed by atoms with Crippen LogP contribution >= 0.6 is 0 Å². The van der Waals surface area contributed by atoms with Gasteiger partial charge in [-0.05, 0) is 33.6 Å². The molecule has 2 aliphatic heterocycles. The monoisotopic (exact) mass is 325 g/mol. The molecule has 0 aromatic rings. The molecule has 2 aliphatic rings. The molecule has 0 aliphatic carbocycles. The Kier molecular flexibility index (Phi) is 4.64. The average Bonchev–Trinajstić information content (AvgIpc) is 2.39. The summed E-state index contributed by atoms with van der Waals surface area (Å²) in [4.78, 5) is 13.7. The zero-order chi connectivity index (χ0) is 16.7. The van der Waals surface area contributed by atoms with Crippen LogP contribution in [0.3, 0.4) is 0 Å². The van der Waals surface area contributed by atoms with Crippen molar-refractivity contribution in [2.24, 2.45) is 5.92 Å². The molecule has 2 heterocycles. The van der Waals surface area contributed by atoms with Crippen LogP contribution in [-0.2, 0) is 9.47 Å². The molecule has 128 valence electrons. The molecule has 0 aromatic heterocycles. The first-order valence-corrected chi connectivity index (χ1v) is 7.33. The number of hydrogen-bond acceptors (Lipinski definition) is 4. The summed E-state index contributed by atoms with van der Waals surface area (Å²) in [6, 6.07) is -1.34. The molecule has 8 heteroatoms. The van der Waals surface area contributed by atoms with Crippen molar-refractivity contribution in [3.05, 3.63) is 0 Å². The number of alkyl halides is 3. The van der Waals surface area contributed by atoms with Gasteiger partial charge in [0.15, 0.2) is 0 Å². The van der Waals surface area contributed by atoms with Gasteiger partial charge in [0.2, 0.25) is 0 Å². The van der Waals surface area contributed by atoms with Crippen LogP contribution in [0.1, 0.15) is 33.6 Å². The second kappa shape index (κ2) is 5.88. The molecular formula is C14H22F3NO4. The number of carbonyl (C=O) groups excluding carboxylic acids is 1. The van der Waals surface area contributed by atoms with E-state index < -0.39 is 42.0 Å². The van der Waals surface area contributed by atoms with E-state index in [9.17, 15) is 23.1 Å². The molecule has 0 radical (unpaired) electrons. The molecule has 2 rings (SSSR count).